The standard InChI is InChI=1S/C11H12N2O/c1-4-8-14-13-10(3)11-7-5-6-9(2)12-11/h1,5-7H,8H2,2-3H3. The van der Waals surface area contributed by atoms with Crippen LogP contribution >= 0.6 is 0 Å². The number of oxime groups is 1. The van der Waals surface area contributed by atoms with Gasteiger partial charge in [0.1, 0.15) is 5.71 Å². The van der Waals surface area contributed by atoms with E-state index in [1.54, 1.807) is 0 Å². The van der Waals surface area contributed by atoms with Gasteiger partial charge in [-0.25, -0.2) is 0 Å². The largest absolute Gasteiger partial charge is 0.382 e. The third kappa shape index (κ3) is 2.91. The zero-order valence-corrected chi connectivity index (χ0v) is 8.32. The van der Waals surface area contributed by atoms with Crippen molar-refractivity contribution in [3.63, 3.8) is 0 Å². The number of terminal acetylenes is 1. The minimum absolute atomic E-state index is 0.184. The molecule has 0 unspecified atom stereocenters. The number of nitrogens with zero attached hydrogens (tertiary/aromatic N) is 2. The lowest BCUT2D eigenvalue weighted by Crippen LogP contribution is -2.00. The summed E-state index contributed by atoms with van der Waals surface area (Å²) in [6.07, 6.45) is 5.02. The molecule has 0 N–H and O–H groups in total. The smallest absolute Gasteiger partial charge is 0.177 e. The number of aryl methyl sites for hydroxylation is 1. The van der Waals surface area contributed by atoms with Crippen molar-refractivity contribution in [2.75, 3.05) is 6.61 Å². The van der Waals surface area contributed by atoms with Gasteiger partial charge in [0.05, 0.1) is 5.69 Å². The van der Waals surface area contributed by atoms with E-state index in [-0.39, 0.29) is 6.61 Å². The first-order valence-electron chi connectivity index (χ1n) is 4.28. The molecule has 1 heterocycles. The van der Waals surface area contributed by atoms with Gasteiger partial charge in [-0.05, 0) is 26.0 Å². The Hall–Kier alpha value is -1.82. The summed E-state index contributed by atoms with van der Waals surface area (Å²) in [5.41, 5.74) is 2.49. The summed E-state index contributed by atoms with van der Waals surface area (Å²) in [4.78, 5) is 9.14. The molecule has 0 spiro atoms. The van der Waals surface area contributed by atoms with E-state index in [0.717, 1.165) is 17.1 Å². The maximum absolute atomic E-state index is 5.02. The molecule has 3 heteroatoms. The molecule has 0 amide bonds. The third-order valence-electron chi connectivity index (χ3n) is 1.61. The van der Waals surface area contributed by atoms with Gasteiger partial charge in [0.2, 0.25) is 0 Å². The number of hydrogen-bond acceptors (Lipinski definition) is 3. The van der Waals surface area contributed by atoms with Crippen LogP contribution in [0.3, 0.4) is 0 Å². The van der Waals surface area contributed by atoms with Crippen LogP contribution in [0.2, 0.25) is 0 Å². The van der Waals surface area contributed by atoms with E-state index < -0.39 is 0 Å². The number of pyridine rings is 1. The molecule has 0 bridgehead atoms. The fraction of sp³-hybridized carbons (Fsp3) is 0.273. The molecule has 3 nitrogen and oxygen atoms in total. The van der Waals surface area contributed by atoms with Crippen LogP contribution in [0.15, 0.2) is 23.4 Å². The molecule has 0 saturated carbocycles. The van der Waals surface area contributed by atoms with E-state index in [0.29, 0.717) is 0 Å². The molecule has 1 aromatic heterocycles. The summed E-state index contributed by atoms with van der Waals surface area (Å²) < 4.78 is 0. The Morgan fingerprint density at radius 3 is 3.07 bits per heavy atom. The predicted molar refractivity (Wildman–Crippen MR) is 56.0 cm³/mol. The molecule has 1 rings (SSSR count). The number of aromatic nitrogens is 1. The van der Waals surface area contributed by atoms with E-state index in [4.69, 9.17) is 11.3 Å². The summed E-state index contributed by atoms with van der Waals surface area (Å²) in [6, 6.07) is 5.74. The van der Waals surface area contributed by atoms with E-state index in [1.807, 2.05) is 32.0 Å². The number of rotatable bonds is 3. The minimum Gasteiger partial charge on any atom is -0.382 e. The zero-order valence-electron chi connectivity index (χ0n) is 8.32. The molecule has 0 aliphatic carbocycles. The van der Waals surface area contributed by atoms with Crippen molar-refractivity contribution in [1.29, 1.82) is 0 Å². The first-order valence-corrected chi connectivity index (χ1v) is 4.28. The van der Waals surface area contributed by atoms with Crippen LogP contribution in [0.5, 0.6) is 0 Å². The third-order valence-corrected chi connectivity index (χ3v) is 1.61. The first kappa shape index (κ1) is 10.3. The minimum atomic E-state index is 0.184. The Bertz CT molecular complexity index is 377. The Morgan fingerprint density at radius 1 is 1.64 bits per heavy atom. The molecule has 0 radical (unpaired) electrons. The van der Waals surface area contributed by atoms with Crippen LogP contribution in [0.4, 0.5) is 0 Å². The Morgan fingerprint density at radius 2 is 2.43 bits per heavy atom. The SMILES string of the molecule is C#CCON=C(C)c1cccc(C)n1. The quantitative estimate of drug-likeness (QED) is 0.313. The van der Waals surface area contributed by atoms with Crippen LogP contribution < -0.4 is 0 Å². The lowest BCUT2D eigenvalue weighted by molar-refractivity contribution is 0.180. The molecule has 0 atom stereocenters. The lowest BCUT2D eigenvalue weighted by atomic mass is 10.2. The molecule has 0 aliphatic heterocycles. The van der Waals surface area contributed by atoms with E-state index in [1.165, 1.54) is 0 Å². The fourth-order valence-electron chi connectivity index (χ4n) is 0.958. The Kier molecular flexibility index (Phi) is 3.69. The highest BCUT2D eigenvalue weighted by Crippen LogP contribution is 2.00. The lowest BCUT2D eigenvalue weighted by Gasteiger charge is -2.00. The molecular formula is C11H12N2O. The van der Waals surface area contributed by atoms with Crippen molar-refractivity contribution in [1.82, 2.24) is 4.98 Å². The molecule has 0 saturated heterocycles. The van der Waals surface area contributed by atoms with Gasteiger partial charge in [0.15, 0.2) is 6.61 Å². The molecule has 0 aliphatic rings. The highest BCUT2D eigenvalue weighted by atomic mass is 16.6. The normalized spacial score (nSPS) is 10.8. The summed E-state index contributed by atoms with van der Waals surface area (Å²) in [7, 11) is 0. The van der Waals surface area contributed by atoms with Gasteiger partial charge in [-0.3, -0.25) is 4.98 Å². The average molecular weight is 188 g/mol. The fourth-order valence-corrected chi connectivity index (χ4v) is 0.958. The topological polar surface area (TPSA) is 34.5 Å². The average Bonchev–Trinajstić information content (AvgIpc) is 2.18. The van der Waals surface area contributed by atoms with Crippen LogP contribution in [-0.2, 0) is 4.84 Å². The summed E-state index contributed by atoms with van der Waals surface area (Å²) in [6.45, 7) is 3.94. The van der Waals surface area contributed by atoms with Crippen LogP contribution in [-0.4, -0.2) is 17.3 Å². The van der Waals surface area contributed by atoms with Crippen LogP contribution in [0.25, 0.3) is 0 Å². The molecule has 72 valence electrons. The monoisotopic (exact) mass is 188 g/mol. The second kappa shape index (κ2) is 5.03. The maximum Gasteiger partial charge on any atom is 0.177 e. The maximum atomic E-state index is 5.02. The summed E-state index contributed by atoms with van der Waals surface area (Å²) in [5, 5.41) is 3.84. The van der Waals surface area contributed by atoms with E-state index in [2.05, 4.69) is 16.1 Å². The van der Waals surface area contributed by atoms with Gasteiger partial charge in [-0.1, -0.05) is 17.1 Å². The summed E-state index contributed by atoms with van der Waals surface area (Å²) in [5.74, 6) is 2.34. The van der Waals surface area contributed by atoms with E-state index >= 15 is 0 Å². The van der Waals surface area contributed by atoms with Gasteiger partial charge in [-0.15, -0.1) is 6.42 Å². The highest BCUT2D eigenvalue weighted by molar-refractivity contribution is 5.96. The molecule has 0 aromatic carbocycles. The van der Waals surface area contributed by atoms with Crippen molar-refractivity contribution in [3.05, 3.63) is 29.6 Å². The van der Waals surface area contributed by atoms with Crippen LogP contribution in [0.1, 0.15) is 18.3 Å². The van der Waals surface area contributed by atoms with Gasteiger partial charge in [0, 0.05) is 5.69 Å². The summed E-state index contributed by atoms with van der Waals surface area (Å²) >= 11 is 0. The van der Waals surface area contributed by atoms with Crippen molar-refractivity contribution >= 4 is 5.71 Å². The second-order valence-corrected chi connectivity index (χ2v) is 2.82. The predicted octanol–water partition coefficient (Wildman–Crippen LogP) is 1.76. The van der Waals surface area contributed by atoms with Gasteiger partial charge < -0.3 is 4.84 Å². The number of hydrogen-bond donors (Lipinski definition) is 0. The Balaban J connectivity index is 2.74. The van der Waals surface area contributed by atoms with Gasteiger partial charge >= 0.3 is 0 Å². The molecule has 14 heavy (non-hydrogen) atoms. The first-order chi connectivity index (χ1) is 6.74. The highest BCUT2D eigenvalue weighted by Gasteiger charge is 1.98. The van der Waals surface area contributed by atoms with E-state index in [9.17, 15) is 0 Å². The molecule has 0 fully saturated rings. The van der Waals surface area contributed by atoms with Crippen molar-refractivity contribution in [3.8, 4) is 12.3 Å². The zero-order chi connectivity index (χ0) is 10.4. The Labute approximate surface area is 83.8 Å². The van der Waals surface area contributed by atoms with Crippen molar-refractivity contribution in [2.24, 2.45) is 5.16 Å². The molecule has 1 aromatic rings. The van der Waals surface area contributed by atoms with Crippen LogP contribution in [0, 0.1) is 19.3 Å². The van der Waals surface area contributed by atoms with Gasteiger partial charge in [-0.2, -0.15) is 0 Å². The van der Waals surface area contributed by atoms with Crippen molar-refractivity contribution in [2.45, 2.75) is 13.8 Å². The second-order valence-electron chi connectivity index (χ2n) is 2.82. The van der Waals surface area contributed by atoms with Gasteiger partial charge in [0.25, 0.3) is 0 Å². The van der Waals surface area contributed by atoms with Crippen molar-refractivity contribution < 1.29 is 4.84 Å². The molecular weight excluding hydrogens is 176 g/mol.